The second kappa shape index (κ2) is 8.73. The minimum atomic E-state index is 0.314. The summed E-state index contributed by atoms with van der Waals surface area (Å²) in [6.07, 6.45) is 3.24. The van der Waals surface area contributed by atoms with Crippen LogP contribution in [0.15, 0.2) is 128 Å². The Labute approximate surface area is 231 Å². The Morgan fingerprint density at radius 2 is 1.00 bits per heavy atom. The number of aromatic nitrogens is 2. The zero-order valence-corrected chi connectivity index (χ0v) is 21.5. The van der Waals surface area contributed by atoms with E-state index in [-0.39, 0.29) is 0 Å². The molecule has 40 heavy (non-hydrogen) atoms. The van der Waals surface area contributed by atoms with E-state index in [1.807, 2.05) is 0 Å². The molecule has 0 fully saturated rings. The molecule has 0 unspecified atom stereocenters. The van der Waals surface area contributed by atoms with Gasteiger partial charge in [0, 0.05) is 5.56 Å². The van der Waals surface area contributed by atoms with Crippen LogP contribution in [0.3, 0.4) is 0 Å². The van der Waals surface area contributed by atoms with Crippen molar-refractivity contribution in [2.75, 3.05) is 0 Å². The molecule has 3 nitrogen and oxygen atoms in total. The molecule has 3 heteroatoms. The molecule has 1 aromatic heterocycles. The van der Waals surface area contributed by atoms with Crippen LogP contribution in [0, 0.1) is 11.3 Å². The first-order valence-electron chi connectivity index (χ1n) is 13.3. The van der Waals surface area contributed by atoms with Crippen LogP contribution in [0.4, 0.5) is 0 Å². The Bertz CT molecular complexity index is 2050. The van der Waals surface area contributed by atoms with Gasteiger partial charge in [-0.05, 0) is 66.1 Å². The molecule has 7 aromatic rings. The molecular formula is C37H21N3. The van der Waals surface area contributed by atoms with Gasteiger partial charge in [-0.3, -0.25) is 4.98 Å². The molecule has 0 aliphatic heterocycles. The van der Waals surface area contributed by atoms with Crippen molar-refractivity contribution >= 4 is 21.5 Å². The molecule has 1 aliphatic rings. The lowest BCUT2D eigenvalue weighted by molar-refractivity contribution is 1.17. The van der Waals surface area contributed by atoms with Crippen LogP contribution in [0.1, 0.15) is 5.69 Å². The van der Waals surface area contributed by atoms with Crippen molar-refractivity contribution in [2.24, 2.45) is 0 Å². The van der Waals surface area contributed by atoms with E-state index in [1.165, 1.54) is 60.7 Å². The zero-order valence-electron chi connectivity index (χ0n) is 21.5. The van der Waals surface area contributed by atoms with Crippen LogP contribution in [-0.4, -0.2) is 9.97 Å². The lowest BCUT2D eigenvalue weighted by Gasteiger charge is -2.20. The summed E-state index contributed by atoms with van der Waals surface area (Å²) >= 11 is 0. The third kappa shape index (κ3) is 3.17. The van der Waals surface area contributed by atoms with Crippen LogP contribution < -0.4 is 0 Å². The van der Waals surface area contributed by atoms with E-state index in [9.17, 15) is 5.26 Å². The van der Waals surface area contributed by atoms with Crippen molar-refractivity contribution < 1.29 is 0 Å². The van der Waals surface area contributed by atoms with Gasteiger partial charge in [0.25, 0.3) is 0 Å². The molecule has 0 N–H and O–H groups in total. The molecule has 0 spiro atoms. The van der Waals surface area contributed by atoms with Crippen molar-refractivity contribution in [1.29, 1.82) is 5.26 Å². The van der Waals surface area contributed by atoms with Crippen LogP contribution in [0.2, 0.25) is 0 Å². The van der Waals surface area contributed by atoms with E-state index < -0.39 is 0 Å². The highest BCUT2D eigenvalue weighted by Gasteiger charge is 2.31. The van der Waals surface area contributed by atoms with Gasteiger partial charge in [-0.15, -0.1) is 0 Å². The van der Waals surface area contributed by atoms with Crippen molar-refractivity contribution in [1.82, 2.24) is 9.97 Å². The summed E-state index contributed by atoms with van der Waals surface area (Å²) in [4.78, 5) is 8.89. The van der Waals surface area contributed by atoms with E-state index in [0.29, 0.717) is 5.69 Å². The lowest BCUT2D eigenvalue weighted by Crippen LogP contribution is -1.93. The molecule has 1 aliphatic carbocycles. The lowest BCUT2D eigenvalue weighted by atomic mass is 9.82. The summed E-state index contributed by atoms with van der Waals surface area (Å²) in [6.45, 7) is 0. The molecule has 0 atom stereocenters. The smallest absolute Gasteiger partial charge is 0.158 e. The van der Waals surface area contributed by atoms with Gasteiger partial charge in [0.1, 0.15) is 6.07 Å². The topological polar surface area (TPSA) is 49.6 Å². The summed E-state index contributed by atoms with van der Waals surface area (Å²) in [6, 6.07) is 43.3. The van der Waals surface area contributed by atoms with Crippen molar-refractivity contribution in [2.45, 2.75) is 0 Å². The Hall–Kier alpha value is -5.59. The average Bonchev–Trinajstić information content (AvgIpc) is 3.36. The fraction of sp³-hybridized carbons (Fsp3) is 0. The second-order valence-corrected chi connectivity index (χ2v) is 10.1. The van der Waals surface area contributed by atoms with Crippen molar-refractivity contribution in [3.63, 3.8) is 0 Å². The number of fused-ring (bicyclic) bond motifs is 4. The normalized spacial score (nSPS) is 11.5. The summed E-state index contributed by atoms with van der Waals surface area (Å²) in [7, 11) is 0. The van der Waals surface area contributed by atoms with Crippen molar-refractivity contribution in [3.05, 3.63) is 133 Å². The number of hydrogen-bond acceptors (Lipinski definition) is 3. The molecule has 1 heterocycles. The Morgan fingerprint density at radius 1 is 0.450 bits per heavy atom. The highest BCUT2D eigenvalue weighted by atomic mass is 14.8. The fourth-order valence-corrected chi connectivity index (χ4v) is 6.36. The largest absolute Gasteiger partial charge is 0.252 e. The number of hydrogen-bond donors (Lipinski definition) is 0. The highest BCUT2D eigenvalue weighted by molar-refractivity contribution is 6.28. The molecule has 8 rings (SSSR count). The van der Waals surface area contributed by atoms with Gasteiger partial charge < -0.3 is 0 Å². The molecule has 0 bridgehead atoms. The Morgan fingerprint density at radius 3 is 1.57 bits per heavy atom. The maximum Gasteiger partial charge on any atom is 0.158 e. The van der Waals surface area contributed by atoms with Gasteiger partial charge in [0.2, 0.25) is 0 Å². The monoisotopic (exact) mass is 507 g/mol. The van der Waals surface area contributed by atoms with Gasteiger partial charge in [-0.2, -0.15) is 5.26 Å². The zero-order chi connectivity index (χ0) is 26.6. The standard InChI is InChI=1S/C37H21N3/c38-20-25-21-40-32(22-39-25)26-18-19-31-35-27(26)16-9-17-30(35)36-33(23-10-3-1-4-11-23)28-14-7-8-15-29(28)34(37(31)36)24-12-5-2-6-13-24/h1-19,21-22H. The first-order valence-corrected chi connectivity index (χ1v) is 13.3. The van der Waals surface area contributed by atoms with Gasteiger partial charge >= 0.3 is 0 Å². The molecule has 184 valence electrons. The summed E-state index contributed by atoms with van der Waals surface area (Å²) < 4.78 is 0. The molecule has 0 amide bonds. The van der Waals surface area contributed by atoms with Gasteiger partial charge in [0.05, 0.1) is 18.1 Å². The summed E-state index contributed by atoms with van der Waals surface area (Å²) in [5.74, 6) is 0. The third-order valence-corrected chi connectivity index (χ3v) is 7.96. The third-order valence-electron chi connectivity index (χ3n) is 7.96. The first-order chi connectivity index (χ1) is 19.8. The molecule has 0 saturated heterocycles. The first kappa shape index (κ1) is 22.4. The predicted octanol–water partition coefficient (Wildman–Crippen LogP) is 9.30. The second-order valence-electron chi connectivity index (χ2n) is 10.1. The summed E-state index contributed by atoms with van der Waals surface area (Å²) in [5, 5.41) is 14.1. The molecule has 0 saturated carbocycles. The van der Waals surface area contributed by atoms with E-state index >= 15 is 0 Å². The maximum absolute atomic E-state index is 9.22. The fourth-order valence-electron chi connectivity index (χ4n) is 6.36. The molecule has 6 aromatic carbocycles. The average molecular weight is 508 g/mol. The van der Waals surface area contributed by atoms with E-state index in [4.69, 9.17) is 0 Å². The van der Waals surface area contributed by atoms with Gasteiger partial charge in [0.15, 0.2) is 5.69 Å². The number of nitrogens with zero attached hydrogens (tertiary/aromatic N) is 3. The van der Waals surface area contributed by atoms with Crippen LogP contribution >= 0.6 is 0 Å². The van der Waals surface area contributed by atoms with Crippen LogP contribution in [0.5, 0.6) is 0 Å². The highest BCUT2D eigenvalue weighted by Crippen LogP contribution is 2.58. The number of rotatable bonds is 3. The van der Waals surface area contributed by atoms with Crippen LogP contribution in [-0.2, 0) is 0 Å². The van der Waals surface area contributed by atoms with Gasteiger partial charge in [-0.1, -0.05) is 115 Å². The van der Waals surface area contributed by atoms with E-state index in [1.54, 1.807) is 12.4 Å². The quantitative estimate of drug-likeness (QED) is 0.239. The van der Waals surface area contributed by atoms with Gasteiger partial charge in [-0.25, -0.2) is 4.98 Å². The minimum Gasteiger partial charge on any atom is -0.252 e. The summed E-state index contributed by atoms with van der Waals surface area (Å²) in [5.41, 5.74) is 12.0. The SMILES string of the molecule is N#Cc1cnc(-c2ccc3c4c(cccc24)-c2c-3c(-c3ccccc3)c3ccccc3c2-c2ccccc2)cn1. The Kier molecular flexibility index (Phi) is 4.89. The maximum atomic E-state index is 9.22. The molecular weight excluding hydrogens is 486 g/mol. The van der Waals surface area contributed by atoms with E-state index in [0.717, 1.165) is 16.6 Å². The van der Waals surface area contributed by atoms with E-state index in [2.05, 4.69) is 131 Å². The number of benzene rings is 6. The minimum absolute atomic E-state index is 0.314. The Balaban J connectivity index is 1.55. The predicted molar refractivity (Wildman–Crippen MR) is 162 cm³/mol. The number of nitriles is 1. The van der Waals surface area contributed by atoms with Crippen molar-refractivity contribution in [3.8, 4) is 61.8 Å². The molecule has 0 radical (unpaired) electrons. The van der Waals surface area contributed by atoms with Crippen LogP contribution in [0.25, 0.3) is 77.3 Å².